The molecule has 4 aromatic rings. The number of piperazine rings is 1. The van der Waals surface area contributed by atoms with Crippen LogP contribution in [0.3, 0.4) is 0 Å². The highest BCUT2D eigenvalue weighted by Crippen LogP contribution is 2.36. The number of pyridine rings is 1. The zero-order valence-corrected chi connectivity index (χ0v) is 18.8. The lowest BCUT2D eigenvalue weighted by atomic mass is 10.1. The van der Waals surface area contributed by atoms with Crippen LogP contribution < -0.4 is 20.1 Å². The van der Waals surface area contributed by atoms with Crippen molar-refractivity contribution in [1.82, 2.24) is 24.3 Å². The molecule has 4 heterocycles. The van der Waals surface area contributed by atoms with Gasteiger partial charge in [0.1, 0.15) is 17.1 Å². The van der Waals surface area contributed by atoms with Gasteiger partial charge in [0.05, 0.1) is 25.6 Å². The Balaban J connectivity index is 1.49. The topological polar surface area (TPSA) is 94.0 Å². The Morgan fingerprint density at radius 1 is 0.970 bits per heavy atom. The first-order valence-corrected chi connectivity index (χ1v) is 10.9. The summed E-state index contributed by atoms with van der Waals surface area (Å²) in [6, 6.07) is 11.4. The van der Waals surface area contributed by atoms with Crippen molar-refractivity contribution in [3.05, 3.63) is 60.7 Å². The van der Waals surface area contributed by atoms with Crippen molar-refractivity contribution in [2.75, 3.05) is 51.0 Å². The summed E-state index contributed by atoms with van der Waals surface area (Å²) in [6.07, 6.45) is 5.50. The quantitative estimate of drug-likeness (QED) is 0.484. The molecule has 0 atom stereocenters. The number of rotatable bonds is 6. The van der Waals surface area contributed by atoms with E-state index in [1.54, 1.807) is 26.6 Å². The molecule has 0 radical (unpaired) electrons. The van der Waals surface area contributed by atoms with Crippen LogP contribution in [0, 0.1) is 0 Å². The van der Waals surface area contributed by atoms with Gasteiger partial charge in [-0.1, -0.05) is 0 Å². The van der Waals surface area contributed by atoms with Crippen molar-refractivity contribution < 1.29 is 9.47 Å². The Morgan fingerprint density at radius 3 is 2.48 bits per heavy atom. The molecule has 2 N–H and O–H groups in total. The fourth-order valence-electron chi connectivity index (χ4n) is 4.25. The lowest BCUT2D eigenvalue weighted by Gasteiger charge is -2.34. The van der Waals surface area contributed by atoms with Crippen molar-refractivity contribution in [1.29, 1.82) is 0 Å². The van der Waals surface area contributed by atoms with E-state index in [2.05, 4.69) is 24.2 Å². The second-order valence-electron chi connectivity index (χ2n) is 7.98. The summed E-state index contributed by atoms with van der Waals surface area (Å²) in [5.74, 6) is 2.28. The Kier molecular flexibility index (Phi) is 5.70. The molecule has 1 fully saturated rings. The van der Waals surface area contributed by atoms with Crippen molar-refractivity contribution in [2.45, 2.75) is 6.54 Å². The van der Waals surface area contributed by atoms with Crippen LogP contribution in [0.15, 0.2) is 55.0 Å². The van der Waals surface area contributed by atoms with Crippen molar-refractivity contribution in [3.8, 4) is 22.8 Å². The van der Waals surface area contributed by atoms with E-state index < -0.39 is 0 Å². The van der Waals surface area contributed by atoms with E-state index in [9.17, 15) is 0 Å². The van der Waals surface area contributed by atoms with Gasteiger partial charge in [0, 0.05) is 62.6 Å². The third-order valence-corrected chi connectivity index (χ3v) is 5.98. The lowest BCUT2D eigenvalue weighted by Crippen LogP contribution is -2.46. The first-order valence-electron chi connectivity index (χ1n) is 10.9. The van der Waals surface area contributed by atoms with Gasteiger partial charge in [0.25, 0.3) is 0 Å². The average molecular weight is 446 g/mol. The summed E-state index contributed by atoms with van der Waals surface area (Å²) in [5.41, 5.74) is 10.5. The molecule has 0 unspecified atom stereocenters. The van der Waals surface area contributed by atoms with Crippen LogP contribution in [0.25, 0.3) is 16.9 Å². The molecule has 0 bridgehead atoms. The Bertz CT molecular complexity index is 1250. The van der Waals surface area contributed by atoms with Gasteiger partial charge in [-0.25, -0.2) is 15.0 Å². The van der Waals surface area contributed by atoms with E-state index in [1.165, 1.54) is 0 Å². The number of nitrogens with zero attached hydrogens (tertiary/aromatic N) is 6. The third kappa shape index (κ3) is 4.14. The normalized spacial score (nSPS) is 14.5. The minimum atomic E-state index is 0.691. The highest BCUT2D eigenvalue weighted by Gasteiger charge is 2.24. The summed E-state index contributed by atoms with van der Waals surface area (Å²) in [4.78, 5) is 18.4. The van der Waals surface area contributed by atoms with E-state index in [-0.39, 0.29) is 0 Å². The molecule has 1 saturated heterocycles. The Hall–Kier alpha value is -3.85. The monoisotopic (exact) mass is 445 g/mol. The number of hydrogen-bond acceptors (Lipinski definition) is 8. The molecule has 0 saturated carbocycles. The molecule has 170 valence electrons. The maximum atomic E-state index is 6.13. The molecule has 3 aromatic heterocycles. The number of imidazole rings is 1. The SMILES string of the molecule is COc1ccc(OC)c(-c2nc3ccc(N)cn3c2CN2CCN(c3ncccn3)CC2)c1. The fraction of sp³-hybridized carbons (Fsp3) is 0.292. The molecule has 0 amide bonds. The first-order chi connectivity index (χ1) is 16.2. The second kappa shape index (κ2) is 8.95. The van der Waals surface area contributed by atoms with Crippen LogP contribution in [0.1, 0.15) is 5.69 Å². The summed E-state index contributed by atoms with van der Waals surface area (Å²) in [7, 11) is 3.33. The van der Waals surface area contributed by atoms with Crippen LogP contribution in [-0.4, -0.2) is 64.7 Å². The van der Waals surface area contributed by atoms with Crippen LogP contribution >= 0.6 is 0 Å². The van der Waals surface area contributed by atoms with Crippen LogP contribution in [0.4, 0.5) is 11.6 Å². The van der Waals surface area contributed by atoms with E-state index >= 15 is 0 Å². The Labute approximate surface area is 192 Å². The molecule has 1 aliphatic rings. The van der Waals surface area contributed by atoms with Crippen LogP contribution in [0.2, 0.25) is 0 Å². The van der Waals surface area contributed by atoms with E-state index in [0.29, 0.717) is 5.69 Å². The van der Waals surface area contributed by atoms with Crippen LogP contribution in [-0.2, 0) is 6.54 Å². The third-order valence-electron chi connectivity index (χ3n) is 5.98. The van der Waals surface area contributed by atoms with Gasteiger partial charge in [0.15, 0.2) is 0 Å². The van der Waals surface area contributed by atoms with E-state index in [0.717, 1.165) is 72.8 Å². The zero-order valence-electron chi connectivity index (χ0n) is 18.8. The maximum absolute atomic E-state index is 6.13. The summed E-state index contributed by atoms with van der Waals surface area (Å²) < 4.78 is 13.2. The number of anilines is 2. The van der Waals surface area contributed by atoms with Gasteiger partial charge in [-0.2, -0.15) is 0 Å². The largest absolute Gasteiger partial charge is 0.497 e. The van der Waals surface area contributed by atoms with Crippen molar-refractivity contribution >= 4 is 17.3 Å². The van der Waals surface area contributed by atoms with Crippen molar-refractivity contribution in [2.24, 2.45) is 0 Å². The fourth-order valence-corrected chi connectivity index (χ4v) is 4.25. The van der Waals surface area contributed by atoms with Gasteiger partial charge >= 0.3 is 0 Å². The molecule has 9 heteroatoms. The van der Waals surface area contributed by atoms with E-state index in [1.807, 2.05) is 42.6 Å². The van der Waals surface area contributed by atoms with Crippen molar-refractivity contribution in [3.63, 3.8) is 0 Å². The number of ether oxygens (including phenoxy) is 2. The second-order valence-corrected chi connectivity index (χ2v) is 7.98. The number of nitrogen functional groups attached to an aromatic ring is 1. The van der Waals surface area contributed by atoms with Gasteiger partial charge in [-0.05, 0) is 36.4 Å². The molecule has 33 heavy (non-hydrogen) atoms. The molecular formula is C24H27N7O2. The van der Waals surface area contributed by atoms with Gasteiger partial charge in [-0.15, -0.1) is 0 Å². The number of methoxy groups -OCH3 is 2. The highest BCUT2D eigenvalue weighted by atomic mass is 16.5. The molecule has 1 aromatic carbocycles. The summed E-state index contributed by atoms with van der Waals surface area (Å²) in [5, 5.41) is 0. The maximum Gasteiger partial charge on any atom is 0.225 e. The van der Waals surface area contributed by atoms with E-state index in [4.69, 9.17) is 20.2 Å². The summed E-state index contributed by atoms with van der Waals surface area (Å²) >= 11 is 0. The number of fused-ring (bicyclic) bond motifs is 1. The highest BCUT2D eigenvalue weighted by molar-refractivity contribution is 5.74. The molecule has 9 nitrogen and oxygen atoms in total. The zero-order chi connectivity index (χ0) is 22.8. The predicted octanol–water partition coefficient (Wildman–Crippen LogP) is 2.71. The Morgan fingerprint density at radius 2 is 1.76 bits per heavy atom. The molecule has 5 rings (SSSR count). The van der Waals surface area contributed by atoms with Gasteiger partial charge in [0.2, 0.25) is 5.95 Å². The first kappa shape index (κ1) is 21.0. The number of nitrogens with two attached hydrogens (primary N) is 1. The number of benzene rings is 1. The number of hydrogen-bond donors (Lipinski definition) is 1. The summed E-state index contributed by atoms with van der Waals surface area (Å²) in [6.45, 7) is 4.23. The standard InChI is InChI=1S/C24H27N7O2/c1-32-18-5-6-21(33-2)19(14-18)23-20(31-15-17(25)4-7-22(31)28-23)16-29-10-12-30(13-11-29)24-26-8-3-9-27-24/h3-9,14-15H,10-13,16,25H2,1-2H3. The number of aromatic nitrogens is 4. The smallest absolute Gasteiger partial charge is 0.225 e. The molecule has 0 spiro atoms. The minimum absolute atomic E-state index is 0.691. The average Bonchev–Trinajstić information content (AvgIpc) is 3.21. The molecular weight excluding hydrogens is 418 g/mol. The van der Waals surface area contributed by atoms with Gasteiger partial charge < -0.3 is 24.5 Å². The predicted molar refractivity (Wildman–Crippen MR) is 128 cm³/mol. The molecule has 1 aliphatic heterocycles. The lowest BCUT2D eigenvalue weighted by molar-refractivity contribution is 0.245. The minimum Gasteiger partial charge on any atom is -0.497 e. The van der Waals surface area contributed by atoms with Gasteiger partial charge in [-0.3, -0.25) is 4.90 Å². The van der Waals surface area contributed by atoms with Crippen LogP contribution in [0.5, 0.6) is 11.5 Å². The molecule has 0 aliphatic carbocycles.